The molecule has 2 heterocycles. The van der Waals surface area contributed by atoms with Gasteiger partial charge in [-0.15, -0.1) is 0 Å². The molecular formula is C15H21FN2O3S. The lowest BCUT2D eigenvalue weighted by Crippen LogP contribution is -2.59. The minimum atomic E-state index is -3.66. The summed E-state index contributed by atoms with van der Waals surface area (Å²) in [6.45, 7) is 3.90. The van der Waals surface area contributed by atoms with E-state index in [1.165, 1.54) is 16.4 Å². The van der Waals surface area contributed by atoms with E-state index in [4.69, 9.17) is 4.74 Å². The Kier molecular flexibility index (Phi) is 4.24. The van der Waals surface area contributed by atoms with Crippen molar-refractivity contribution < 1.29 is 17.5 Å². The second-order valence-corrected chi connectivity index (χ2v) is 7.96. The van der Waals surface area contributed by atoms with Gasteiger partial charge in [-0.1, -0.05) is 6.07 Å². The molecule has 0 amide bonds. The van der Waals surface area contributed by atoms with Gasteiger partial charge in [0, 0.05) is 25.7 Å². The van der Waals surface area contributed by atoms with E-state index < -0.39 is 15.8 Å². The lowest BCUT2D eigenvalue weighted by molar-refractivity contribution is -0.0840. The standard InChI is InChI=1S/C15H21FN2O3S/c1-11-3-4-12(9-13(11)16)22(19,20)18-6-5-15-14(10-18)17(2)7-8-21-15/h3-4,9,14-15H,5-8,10H2,1-2H3/t14-,15+/m1/s1. The molecule has 2 fully saturated rings. The third-order valence-corrected chi connectivity index (χ3v) is 6.47. The summed E-state index contributed by atoms with van der Waals surface area (Å²) in [5, 5.41) is 0. The smallest absolute Gasteiger partial charge is 0.243 e. The van der Waals surface area contributed by atoms with E-state index in [1.807, 2.05) is 7.05 Å². The molecule has 122 valence electrons. The molecule has 1 aromatic carbocycles. The number of rotatable bonds is 2. The number of sulfonamides is 1. The molecule has 5 nitrogen and oxygen atoms in total. The summed E-state index contributed by atoms with van der Waals surface area (Å²) in [4.78, 5) is 2.17. The number of aryl methyl sites for hydroxylation is 1. The number of fused-ring (bicyclic) bond motifs is 1. The summed E-state index contributed by atoms with van der Waals surface area (Å²) in [6.07, 6.45) is 0.753. The van der Waals surface area contributed by atoms with Crippen molar-refractivity contribution in [1.82, 2.24) is 9.21 Å². The largest absolute Gasteiger partial charge is 0.375 e. The molecule has 0 saturated carbocycles. The van der Waals surface area contributed by atoms with Crippen LogP contribution in [0.4, 0.5) is 4.39 Å². The van der Waals surface area contributed by atoms with E-state index in [0.29, 0.717) is 31.7 Å². The molecule has 2 saturated heterocycles. The molecular weight excluding hydrogens is 307 g/mol. The van der Waals surface area contributed by atoms with Gasteiger partial charge in [-0.05, 0) is 38.1 Å². The van der Waals surface area contributed by atoms with Crippen molar-refractivity contribution >= 4 is 10.0 Å². The Bertz CT molecular complexity index is 665. The summed E-state index contributed by atoms with van der Waals surface area (Å²) in [7, 11) is -1.68. The van der Waals surface area contributed by atoms with Gasteiger partial charge in [-0.25, -0.2) is 12.8 Å². The number of halogens is 1. The molecule has 22 heavy (non-hydrogen) atoms. The first-order valence-corrected chi connectivity index (χ1v) is 8.92. The zero-order valence-electron chi connectivity index (χ0n) is 12.8. The van der Waals surface area contributed by atoms with Gasteiger partial charge >= 0.3 is 0 Å². The van der Waals surface area contributed by atoms with Crippen molar-refractivity contribution in [3.05, 3.63) is 29.6 Å². The number of hydrogen-bond donors (Lipinski definition) is 0. The minimum absolute atomic E-state index is 0.0217. The maximum Gasteiger partial charge on any atom is 0.243 e. The summed E-state index contributed by atoms with van der Waals surface area (Å²) in [6, 6.07) is 4.15. The SMILES string of the molecule is Cc1ccc(S(=O)(=O)N2CC[C@@H]3OCCN(C)[C@@H]3C2)cc1F. The molecule has 0 unspecified atom stereocenters. The van der Waals surface area contributed by atoms with Crippen molar-refractivity contribution in [2.75, 3.05) is 33.3 Å². The highest BCUT2D eigenvalue weighted by atomic mass is 32.2. The summed E-state index contributed by atoms with van der Waals surface area (Å²) >= 11 is 0. The second kappa shape index (κ2) is 5.88. The molecule has 0 bridgehead atoms. The quantitative estimate of drug-likeness (QED) is 0.819. The van der Waals surface area contributed by atoms with Crippen LogP contribution in [0.15, 0.2) is 23.1 Å². The van der Waals surface area contributed by atoms with Crippen LogP contribution in [0.1, 0.15) is 12.0 Å². The van der Waals surface area contributed by atoms with Gasteiger partial charge in [0.2, 0.25) is 10.0 Å². The molecule has 2 aliphatic rings. The summed E-state index contributed by atoms with van der Waals surface area (Å²) in [5.41, 5.74) is 0.443. The fourth-order valence-corrected chi connectivity index (χ4v) is 4.60. The predicted octanol–water partition coefficient (Wildman–Crippen LogP) is 1.23. The van der Waals surface area contributed by atoms with Crippen LogP contribution < -0.4 is 0 Å². The van der Waals surface area contributed by atoms with E-state index >= 15 is 0 Å². The maximum absolute atomic E-state index is 13.7. The van der Waals surface area contributed by atoms with Crippen molar-refractivity contribution in [1.29, 1.82) is 0 Å². The number of piperidine rings is 1. The van der Waals surface area contributed by atoms with Gasteiger partial charge in [-0.2, -0.15) is 4.31 Å². The second-order valence-electron chi connectivity index (χ2n) is 6.02. The van der Waals surface area contributed by atoms with Gasteiger partial charge in [-0.3, -0.25) is 4.90 Å². The predicted molar refractivity (Wildman–Crippen MR) is 80.7 cm³/mol. The topological polar surface area (TPSA) is 49.9 Å². The summed E-state index contributed by atoms with van der Waals surface area (Å²) < 4.78 is 46.3. The number of ether oxygens (including phenoxy) is 1. The molecule has 3 rings (SSSR count). The highest BCUT2D eigenvalue weighted by Crippen LogP contribution is 2.27. The van der Waals surface area contributed by atoms with E-state index in [0.717, 1.165) is 12.6 Å². The third-order valence-electron chi connectivity index (χ3n) is 4.61. The van der Waals surface area contributed by atoms with Gasteiger partial charge in [0.1, 0.15) is 5.82 Å². The number of morpholine rings is 1. The zero-order chi connectivity index (χ0) is 15.9. The van der Waals surface area contributed by atoms with Crippen LogP contribution in [0.5, 0.6) is 0 Å². The minimum Gasteiger partial charge on any atom is -0.375 e. The van der Waals surface area contributed by atoms with Crippen LogP contribution in [0.25, 0.3) is 0 Å². The van der Waals surface area contributed by atoms with Crippen molar-refractivity contribution in [2.24, 2.45) is 0 Å². The van der Waals surface area contributed by atoms with E-state index in [1.54, 1.807) is 6.92 Å². The van der Waals surface area contributed by atoms with Crippen molar-refractivity contribution in [3.63, 3.8) is 0 Å². The molecule has 2 aliphatic heterocycles. The first-order valence-electron chi connectivity index (χ1n) is 7.48. The normalized spacial score (nSPS) is 27.6. The molecule has 0 N–H and O–H groups in total. The fourth-order valence-electron chi connectivity index (χ4n) is 3.11. The van der Waals surface area contributed by atoms with E-state index in [-0.39, 0.29) is 17.0 Å². The van der Waals surface area contributed by atoms with Gasteiger partial charge < -0.3 is 4.74 Å². The van der Waals surface area contributed by atoms with Gasteiger partial charge in [0.15, 0.2) is 0 Å². The van der Waals surface area contributed by atoms with Crippen LogP contribution in [-0.4, -0.2) is 63.1 Å². The average molecular weight is 328 g/mol. The van der Waals surface area contributed by atoms with Crippen LogP contribution in [0.2, 0.25) is 0 Å². The van der Waals surface area contributed by atoms with Crippen molar-refractivity contribution in [3.8, 4) is 0 Å². The summed E-state index contributed by atoms with van der Waals surface area (Å²) in [5.74, 6) is -0.492. The Morgan fingerprint density at radius 2 is 2.09 bits per heavy atom. The molecule has 1 aromatic rings. The Morgan fingerprint density at radius 3 is 2.82 bits per heavy atom. The molecule has 2 atom stereocenters. The van der Waals surface area contributed by atoms with Crippen molar-refractivity contribution in [2.45, 2.75) is 30.4 Å². The van der Waals surface area contributed by atoms with Crippen LogP contribution in [0, 0.1) is 12.7 Å². The third kappa shape index (κ3) is 2.78. The number of benzene rings is 1. The zero-order valence-corrected chi connectivity index (χ0v) is 13.6. The molecule has 7 heteroatoms. The number of nitrogens with zero attached hydrogens (tertiary/aromatic N) is 2. The Hall–Kier alpha value is -1.02. The van der Waals surface area contributed by atoms with Crippen LogP contribution in [-0.2, 0) is 14.8 Å². The lowest BCUT2D eigenvalue weighted by Gasteiger charge is -2.45. The number of hydrogen-bond acceptors (Lipinski definition) is 4. The van der Waals surface area contributed by atoms with E-state index in [9.17, 15) is 12.8 Å². The lowest BCUT2D eigenvalue weighted by atomic mass is 10.0. The molecule has 0 spiro atoms. The molecule has 0 radical (unpaired) electrons. The van der Waals surface area contributed by atoms with Gasteiger partial charge in [0.25, 0.3) is 0 Å². The first-order chi connectivity index (χ1) is 10.4. The monoisotopic (exact) mass is 328 g/mol. The maximum atomic E-state index is 13.7. The number of likely N-dealkylation sites (N-methyl/N-ethyl adjacent to an activating group) is 1. The Morgan fingerprint density at radius 1 is 1.32 bits per heavy atom. The average Bonchev–Trinajstić information content (AvgIpc) is 2.50. The molecule has 0 aliphatic carbocycles. The van der Waals surface area contributed by atoms with E-state index in [2.05, 4.69) is 4.90 Å². The van der Waals surface area contributed by atoms with Crippen LogP contribution in [0.3, 0.4) is 0 Å². The first kappa shape index (κ1) is 15.9. The molecule has 0 aromatic heterocycles. The Balaban J connectivity index is 1.84. The highest BCUT2D eigenvalue weighted by Gasteiger charge is 2.39. The fraction of sp³-hybridized carbons (Fsp3) is 0.600. The van der Waals surface area contributed by atoms with Gasteiger partial charge in [0.05, 0.1) is 17.6 Å². The van der Waals surface area contributed by atoms with Crippen LogP contribution >= 0.6 is 0 Å². The Labute approximate surface area is 130 Å². The highest BCUT2D eigenvalue weighted by molar-refractivity contribution is 7.89.